The van der Waals surface area contributed by atoms with Crippen molar-refractivity contribution in [3.05, 3.63) is 126 Å². The molecule has 6 bridgehead atoms. The van der Waals surface area contributed by atoms with Gasteiger partial charge in [0.15, 0.2) is 0 Å². The van der Waals surface area contributed by atoms with Gasteiger partial charge in [-0.25, -0.2) is 0 Å². The SMILES string of the molecule is c1ccc(-c2cc3c4c(c2)-n2c5c(cccc5c5sc6ccccc6c52)B4n2c4ccc(C56CC7CC8CC7(C5)C8C6)cc4c4cc(C56CC7CC8CC7(C5)C8C6)cc-3c42)cc1. The maximum atomic E-state index is 2.88. The van der Waals surface area contributed by atoms with E-state index in [1.807, 2.05) is 11.3 Å². The molecule has 10 saturated carbocycles. The Balaban J connectivity index is 0.958. The molecule has 12 aliphatic rings. The topological polar surface area (TPSA) is 9.86 Å². The summed E-state index contributed by atoms with van der Waals surface area (Å²) in [4.78, 5) is 0. The summed E-state index contributed by atoms with van der Waals surface area (Å²) in [5.41, 5.74) is 21.1. The number of nitrogens with zero attached hydrogens (tertiary/aromatic N) is 2. The molecule has 5 heterocycles. The van der Waals surface area contributed by atoms with Crippen molar-refractivity contribution in [1.82, 2.24) is 9.05 Å². The second-order valence-electron chi connectivity index (χ2n) is 23.3. The highest BCUT2D eigenvalue weighted by Crippen LogP contribution is 2.84. The molecular weight excluding hydrogens is 768 g/mol. The van der Waals surface area contributed by atoms with Crippen LogP contribution in [0.2, 0.25) is 0 Å². The molecule has 0 amide bonds. The Morgan fingerprint density at radius 3 is 2.08 bits per heavy atom. The van der Waals surface area contributed by atoms with Gasteiger partial charge in [0.1, 0.15) is 0 Å². The molecule has 10 atom stereocenters. The number of aromatic nitrogens is 2. The third-order valence-electron chi connectivity index (χ3n) is 21.6. The van der Waals surface area contributed by atoms with Crippen LogP contribution in [0.15, 0.2) is 115 Å². The average molecular weight is 813 g/mol. The van der Waals surface area contributed by atoms with Crippen LogP contribution in [0, 0.1) is 46.3 Å². The molecule has 296 valence electrons. The van der Waals surface area contributed by atoms with Crippen molar-refractivity contribution in [3.8, 4) is 27.9 Å². The normalized spacial score (nSPS) is 36.0. The Kier molecular flexibility index (Phi) is 4.89. The lowest BCUT2D eigenvalue weighted by Crippen LogP contribution is -2.55. The summed E-state index contributed by atoms with van der Waals surface area (Å²) < 4.78 is 8.41. The number of para-hydroxylation sites is 1. The average Bonchev–Trinajstić information content (AvgIpc) is 4.18. The minimum atomic E-state index is 0.102. The summed E-state index contributed by atoms with van der Waals surface area (Å²) in [6.45, 7) is 0.102. The number of rotatable bonds is 3. The molecule has 62 heavy (non-hydrogen) atoms. The van der Waals surface area contributed by atoms with Crippen molar-refractivity contribution in [2.45, 2.75) is 75.0 Å². The van der Waals surface area contributed by atoms with Crippen LogP contribution in [0.5, 0.6) is 0 Å². The van der Waals surface area contributed by atoms with Gasteiger partial charge in [0.05, 0.1) is 15.7 Å². The summed E-state index contributed by atoms with van der Waals surface area (Å²) >= 11 is 1.98. The first kappa shape index (κ1) is 31.7. The zero-order valence-electron chi connectivity index (χ0n) is 34.9. The van der Waals surface area contributed by atoms with Crippen LogP contribution in [-0.4, -0.2) is 15.9 Å². The minimum absolute atomic E-state index is 0.102. The van der Waals surface area contributed by atoms with E-state index in [2.05, 4.69) is 124 Å². The van der Waals surface area contributed by atoms with Crippen LogP contribution in [0.25, 0.3) is 81.0 Å². The van der Waals surface area contributed by atoms with Gasteiger partial charge in [-0.05, 0) is 203 Å². The van der Waals surface area contributed by atoms with Gasteiger partial charge >= 0.3 is 6.85 Å². The second kappa shape index (κ2) is 9.56. The highest BCUT2D eigenvalue weighted by atomic mass is 32.1. The standard InChI is InChI=1S/C58H45BN2S/c1-2-7-30(8-3-1)31-17-41-43-21-35(56-25-37-16-33-23-58(37,29-56)45(33)27-56)20-42-40-19-34(55-24-36-15-32-22-57(36,28-55)44(32)26-55)13-14-47(40)61(51(42)43)59-46-11-6-10-39-52(46)60(48(18-31)50(41)59)53-38-9-4-5-12-49(38)62-54(39)53/h1-14,17-21,32-33,36-37,44-45H,15-16,22-29H2. The fourth-order valence-electron chi connectivity index (χ4n) is 19.8. The molecule has 9 aromatic rings. The van der Waals surface area contributed by atoms with Crippen LogP contribution in [0.1, 0.15) is 75.3 Å². The van der Waals surface area contributed by atoms with E-state index in [0.717, 1.165) is 35.5 Å². The highest BCUT2D eigenvalue weighted by molar-refractivity contribution is 7.26. The Bertz CT molecular complexity index is 3670. The van der Waals surface area contributed by atoms with E-state index in [1.54, 1.807) is 22.9 Å². The van der Waals surface area contributed by atoms with Crippen molar-refractivity contribution in [2.75, 3.05) is 0 Å². The molecule has 2 nitrogen and oxygen atoms in total. The van der Waals surface area contributed by atoms with Crippen molar-refractivity contribution in [1.29, 1.82) is 0 Å². The van der Waals surface area contributed by atoms with Gasteiger partial charge in [-0.3, -0.25) is 0 Å². The fraction of sp³-hybridized carbons (Fsp3) is 0.345. The molecule has 10 aliphatic carbocycles. The molecule has 0 N–H and O–H groups in total. The van der Waals surface area contributed by atoms with Crippen molar-refractivity contribution in [2.24, 2.45) is 46.3 Å². The van der Waals surface area contributed by atoms with Crippen LogP contribution in [0.3, 0.4) is 0 Å². The molecule has 21 rings (SSSR count). The predicted molar refractivity (Wildman–Crippen MR) is 256 cm³/mol. The zero-order chi connectivity index (χ0) is 39.4. The number of benzene rings is 6. The Morgan fingerprint density at radius 1 is 0.548 bits per heavy atom. The summed E-state index contributed by atoms with van der Waals surface area (Å²) in [5, 5.41) is 5.86. The third-order valence-corrected chi connectivity index (χ3v) is 22.8. The lowest BCUT2D eigenvalue weighted by molar-refractivity contribution is 0.0381. The summed E-state index contributed by atoms with van der Waals surface area (Å²) in [6.07, 6.45) is 14.8. The van der Waals surface area contributed by atoms with Crippen LogP contribution < -0.4 is 10.9 Å². The molecule has 4 heteroatoms. The molecule has 2 aliphatic heterocycles. The number of thiophene rings is 1. The molecular formula is C58H45BN2S. The minimum Gasteiger partial charge on any atom is -0.375 e. The molecule has 0 radical (unpaired) electrons. The van der Waals surface area contributed by atoms with E-state index in [1.165, 1.54) is 144 Å². The van der Waals surface area contributed by atoms with Gasteiger partial charge in [0.25, 0.3) is 0 Å². The Hall–Kier alpha value is -5.06. The first-order valence-corrected chi connectivity index (χ1v) is 25.1. The maximum Gasteiger partial charge on any atom is 0.333 e. The van der Waals surface area contributed by atoms with E-state index < -0.39 is 0 Å². The smallest absolute Gasteiger partial charge is 0.333 e. The molecule has 10 fully saturated rings. The highest BCUT2D eigenvalue weighted by Gasteiger charge is 2.77. The quantitative estimate of drug-likeness (QED) is 0.157. The Morgan fingerprint density at radius 2 is 1.29 bits per heavy atom. The van der Waals surface area contributed by atoms with Crippen molar-refractivity contribution >= 4 is 82.1 Å². The van der Waals surface area contributed by atoms with E-state index in [4.69, 9.17) is 0 Å². The zero-order valence-corrected chi connectivity index (χ0v) is 35.7. The van der Waals surface area contributed by atoms with Crippen molar-refractivity contribution < 1.29 is 0 Å². The van der Waals surface area contributed by atoms with E-state index in [-0.39, 0.29) is 6.85 Å². The lowest BCUT2D eigenvalue weighted by atomic mass is 9.45. The summed E-state index contributed by atoms with van der Waals surface area (Å²) in [5.74, 6) is 5.97. The van der Waals surface area contributed by atoms with Gasteiger partial charge in [0.2, 0.25) is 0 Å². The number of fused-ring (bicyclic) bond motifs is 14. The van der Waals surface area contributed by atoms with E-state index >= 15 is 0 Å². The van der Waals surface area contributed by atoms with E-state index in [9.17, 15) is 0 Å². The molecule has 3 aromatic heterocycles. The van der Waals surface area contributed by atoms with Gasteiger partial charge in [0, 0.05) is 48.5 Å². The predicted octanol–water partition coefficient (Wildman–Crippen LogP) is 12.9. The largest absolute Gasteiger partial charge is 0.375 e. The number of hydrogen-bond donors (Lipinski definition) is 0. The van der Waals surface area contributed by atoms with Gasteiger partial charge < -0.3 is 9.05 Å². The van der Waals surface area contributed by atoms with Gasteiger partial charge in [-0.15, -0.1) is 11.3 Å². The van der Waals surface area contributed by atoms with Crippen LogP contribution in [-0.2, 0) is 10.8 Å². The Labute approximate surface area is 365 Å². The monoisotopic (exact) mass is 812 g/mol. The van der Waals surface area contributed by atoms with Crippen LogP contribution in [0.4, 0.5) is 0 Å². The summed E-state index contributed by atoms with van der Waals surface area (Å²) in [6, 6.07) is 46.6. The fourth-order valence-corrected chi connectivity index (χ4v) is 21.1. The molecule has 10 unspecified atom stereocenters. The third kappa shape index (κ3) is 3.10. The second-order valence-corrected chi connectivity index (χ2v) is 24.4. The van der Waals surface area contributed by atoms with Gasteiger partial charge in [-0.1, -0.05) is 72.8 Å². The first-order chi connectivity index (χ1) is 30.5. The van der Waals surface area contributed by atoms with Crippen molar-refractivity contribution in [3.63, 3.8) is 0 Å². The molecule has 6 aromatic carbocycles. The molecule has 0 saturated heterocycles. The van der Waals surface area contributed by atoms with E-state index in [0.29, 0.717) is 21.7 Å². The first-order valence-electron chi connectivity index (χ1n) is 24.3. The molecule has 2 spiro atoms. The maximum absolute atomic E-state index is 2.88. The number of hydrogen-bond acceptors (Lipinski definition) is 1. The van der Waals surface area contributed by atoms with Crippen LogP contribution >= 0.6 is 11.3 Å². The summed E-state index contributed by atoms with van der Waals surface area (Å²) in [7, 11) is 0. The lowest BCUT2D eigenvalue weighted by Gasteiger charge is -2.45. The van der Waals surface area contributed by atoms with Gasteiger partial charge in [-0.2, -0.15) is 0 Å².